The molecule has 0 heterocycles. The van der Waals surface area contributed by atoms with E-state index < -0.39 is 0 Å². The molecule has 0 amide bonds. The van der Waals surface area contributed by atoms with Crippen molar-refractivity contribution in [3.63, 3.8) is 0 Å². The summed E-state index contributed by atoms with van der Waals surface area (Å²) in [4.78, 5) is 3.66. The fourth-order valence-electron chi connectivity index (χ4n) is 0.373. The first-order valence-electron chi connectivity index (χ1n) is 3.06. The number of thiocarbonyl (C=S) groups is 2. The van der Waals surface area contributed by atoms with Crippen molar-refractivity contribution >= 4 is 45.7 Å². The first-order valence-corrected chi connectivity index (χ1v) is 4.86. The Morgan fingerprint density at radius 3 is 2.90 bits per heavy atom. The van der Waals surface area contributed by atoms with Gasteiger partial charge in [-0.25, -0.2) is 0 Å². The monoisotopic (exact) mass is 191 g/mol. The summed E-state index contributed by atoms with van der Waals surface area (Å²) in [5, 5.41) is 2.24. The summed E-state index contributed by atoms with van der Waals surface area (Å²) < 4.78 is 0.600. The van der Waals surface area contributed by atoms with E-state index in [9.17, 15) is 0 Å². The fraction of sp³-hybridized carbons (Fsp3) is 0.667. The van der Waals surface area contributed by atoms with E-state index in [4.69, 9.17) is 12.2 Å². The molecule has 1 nitrogen and oxygen atoms in total. The zero-order valence-corrected chi connectivity index (χ0v) is 8.24. The highest BCUT2D eigenvalue weighted by Crippen LogP contribution is 2.07. The van der Waals surface area contributed by atoms with Crippen molar-refractivity contribution in [3.8, 4) is 0 Å². The summed E-state index contributed by atoms with van der Waals surface area (Å²) in [6.07, 6.45) is 2.37. The molecule has 4 heteroatoms. The largest absolute Gasteiger partial charge is 0.176 e. The van der Waals surface area contributed by atoms with Crippen LogP contribution >= 0.6 is 36.2 Å². The Balaban J connectivity index is 3.31. The van der Waals surface area contributed by atoms with Crippen molar-refractivity contribution in [2.24, 2.45) is 4.99 Å². The lowest BCUT2D eigenvalue weighted by molar-refractivity contribution is 0.898. The quantitative estimate of drug-likeness (QED) is 0.386. The van der Waals surface area contributed by atoms with Crippen molar-refractivity contribution in [2.75, 3.05) is 5.75 Å². The predicted octanol–water partition coefficient (Wildman–Crippen LogP) is 2.91. The second-order valence-corrected chi connectivity index (χ2v) is 3.58. The van der Waals surface area contributed by atoms with E-state index in [0.717, 1.165) is 5.75 Å². The maximum atomic E-state index is 4.83. The van der Waals surface area contributed by atoms with Crippen molar-refractivity contribution in [1.29, 1.82) is 0 Å². The van der Waals surface area contributed by atoms with Gasteiger partial charge >= 0.3 is 0 Å². The third-order valence-corrected chi connectivity index (χ3v) is 2.23. The zero-order valence-electron chi connectivity index (χ0n) is 5.79. The summed E-state index contributed by atoms with van der Waals surface area (Å²) in [6.45, 7) is 2.14. The lowest BCUT2D eigenvalue weighted by atomic mass is 10.4. The Kier molecular flexibility index (Phi) is 7.52. The van der Waals surface area contributed by atoms with Gasteiger partial charge in [-0.1, -0.05) is 25.1 Å². The minimum Gasteiger partial charge on any atom is -0.176 e. The molecule has 0 aromatic rings. The number of rotatable bonds is 3. The minimum absolute atomic E-state index is 0.600. The molecule has 0 atom stereocenters. The molecule has 0 aliphatic carbocycles. The van der Waals surface area contributed by atoms with Gasteiger partial charge in [-0.15, -0.1) is 0 Å². The van der Waals surface area contributed by atoms with Gasteiger partial charge in [-0.3, -0.25) is 0 Å². The Labute approximate surface area is 76.3 Å². The van der Waals surface area contributed by atoms with Crippen LogP contribution in [0, 0.1) is 0 Å². The average molecular weight is 191 g/mol. The van der Waals surface area contributed by atoms with Crippen molar-refractivity contribution in [2.45, 2.75) is 19.8 Å². The maximum Gasteiger partial charge on any atom is 0.170 e. The van der Waals surface area contributed by atoms with E-state index in [-0.39, 0.29) is 0 Å². The van der Waals surface area contributed by atoms with Gasteiger partial charge in [-0.05, 0) is 30.9 Å². The SMILES string of the molecule is CCCCSC(=S)N=C=S. The summed E-state index contributed by atoms with van der Waals surface area (Å²) in [6, 6.07) is 0. The number of aliphatic imine (C=N–C) groups is 1. The van der Waals surface area contributed by atoms with Gasteiger partial charge in [-0.2, -0.15) is 4.99 Å². The molecule has 0 aliphatic rings. The van der Waals surface area contributed by atoms with Crippen LogP contribution in [-0.4, -0.2) is 15.2 Å². The molecule has 0 fully saturated rings. The van der Waals surface area contributed by atoms with Gasteiger partial charge < -0.3 is 0 Å². The average Bonchev–Trinajstić information content (AvgIpc) is 1.89. The third kappa shape index (κ3) is 6.36. The molecule has 0 saturated carbocycles. The van der Waals surface area contributed by atoms with Gasteiger partial charge in [0.25, 0.3) is 0 Å². The lowest BCUT2D eigenvalue weighted by Gasteiger charge is -1.92. The van der Waals surface area contributed by atoms with Crippen molar-refractivity contribution < 1.29 is 0 Å². The molecule has 0 bridgehead atoms. The van der Waals surface area contributed by atoms with Crippen molar-refractivity contribution in [1.82, 2.24) is 0 Å². The Morgan fingerprint density at radius 2 is 2.40 bits per heavy atom. The van der Waals surface area contributed by atoms with E-state index >= 15 is 0 Å². The number of thioether (sulfide) groups is 1. The summed E-state index contributed by atoms with van der Waals surface area (Å²) in [5.74, 6) is 1.04. The third-order valence-electron chi connectivity index (χ3n) is 0.860. The number of isothiocyanates is 1. The van der Waals surface area contributed by atoms with E-state index in [0.29, 0.717) is 4.32 Å². The van der Waals surface area contributed by atoms with Gasteiger partial charge in [0.1, 0.15) is 0 Å². The molecule has 0 aromatic heterocycles. The Bertz CT molecular complexity index is 149. The molecular formula is C6H9NS3. The molecular weight excluding hydrogens is 182 g/mol. The van der Waals surface area contributed by atoms with Crippen LogP contribution in [0.4, 0.5) is 0 Å². The van der Waals surface area contributed by atoms with Gasteiger partial charge in [0.05, 0.1) is 5.16 Å². The number of hydrogen-bond acceptors (Lipinski definition) is 3. The highest BCUT2D eigenvalue weighted by atomic mass is 32.2. The summed E-state index contributed by atoms with van der Waals surface area (Å²) in [7, 11) is 0. The Hall–Kier alpha value is 0.240. The van der Waals surface area contributed by atoms with Crippen LogP contribution in [0.3, 0.4) is 0 Å². The molecule has 0 unspecified atom stereocenters. The van der Waals surface area contributed by atoms with Gasteiger partial charge in [0, 0.05) is 5.75 Å². The summed E-state index contributed by atoms with van der Waals surface area (Å²) >= 11 is 10.8. The first kappa shape index (κ1) is 10.2. The Morgan fingerprint density at radius 1 is 1.70 bits per heavy atom. The van der Waals surface area contributed by atoms with E-state index in [1.54, 1.807) is 11.8 Å². The van der Waals surface area contributed by atoms with Crippen LogP contribution < -0.4 is 0 Å². The van der Waals surface area contributed by atoms with E-state index in [1.165, 1.54) is 12.8 Å². The van der Waals surface area contributed by atoms with Crippen LogP contribution in [0.25, 0.3) is 0 Å². The number of unbranched alkanes of at least 4 members (excludes halogenated alkanes) is 1. The van der Waals surface area contributed by atoms with Crippen LogP contribution in [0.2, 0.25) is 0 Å². The lowest BCUT2D eigenvalue weighted by Crippen LogP contribution is -1.84. The van der Waals surface area contributed by atoms with Crippen LogP contribution in [-0.2, 0) is 0 Å². The van der Waals surface area contributed by atoms with E-state index in [2.05, 4.69) is 29.3 Å². The smallest absolute Gasteiger partial charge is 0.170 e. The second-order valence-electron chi connectivity index (χ2n) is 1.67. The second kappa shape index (κ2) is 7.35. The topological polar surface area (TPSA) is 12.4 Å². The number of nitrogens with zero attached hydrogens (tertiary/aromatic N) is 1. The van der Waals surface area contributed by atoms with Gasteiger partial charge in [0.15, 0.2) is 4.32 Å². The molecule has 56 valence electrons. The normalized spacial score (nSPS) is 8.50. The van der Waals surface area contributed by atoms with E-state index in [1.807, 2.05) is 0 Å². The first-order chi connectivity index (χ1) is 4.81. The number of hydrogen-bond donors (Lipinski definition) is 0. The van der Waals surface area contributed by atoms with Crippen LogP contribution in [0.5, 0.6) is 0 Å². The maximum absolute atomic E-state index is 4.83. The molecule has 0 aromatic carbocycles. The molecule has 0 aliphatic heterocycles. The molecule has 0 spiro atoms. The molecule has 0 radical (unpaired) electrons. The highest BCUT2D eigenvalue weighted by molar-refractivity contribution is 8.23. The summed E-state index contributed by atoms with van der Waals surface area (Å²) in [5.41, 5.74) is 0. The highest BCUT2D eigenvalue weighted by Gasteiger charge is 1.91. The molecule has 10 heavy (non-hydrogen) atoms. The minimum atomic E-state index is 0.600. The van der Waals surface area contributed by atoms with Gasteiger partial charge in [0.2, 0.25) is 0 Å². The molecule has 0 N–H and O–H groups in total. The van der Waals surface area contributed by atoms with Crippen molar-refractivity contribution in [3.05, 3.63) is 0 Å². The zero-order chi connectivity index (χ0) is 7.82. The molecule has 0 saturated heterocycles. The predicted molar refractivity (Wildman–Crippen MR) is 55.0 cm³/mol. The van der Waals surface area contributed by atoms with Crippen LogP contribution in [0.15, 0.2) is 4.99 Å². The standard InChI is InChI=1S/C6H9NS3/c1-2-3-4-10-6(9)7-5-8/h2-4H2,1H3. The van der Waals surface area contributed by atoms with Crippen LogP contribution in [0.1, 0.15) is 19.8 Å². The molecule has 0 rings (SSSR count). The fourth-order valence-corrected chi connectivity index (χ4v) is 1.59.